The number of aromatic nitrogens is 2. The van der Waals surface area contributed by atoms with E-state index in [1.165, 1.54) is 25.7 Å². The Morgan fingerprint density at radius 1 is 1.24 bits per heavy atom. The number of hydrogen-bond donors (Lipinski definition) is 1. The second-order valence-electron chi connectivity index (χ2n) is 6.61. The van der Waals surface area contributed by atoms with Crippen LogP contribution >= 0.6 is 11.8 Å². The van der Waals surface area contributed by atoms with Gasteiger partial charge in [0, 0.05) is 12.3 Å². The molecule has 1 atom stereocenters. The minimum absolute atomic E-state index is 0.0945. The Labute approximate surface area is 152 Å². The molecule has 2 aromatic rings. The fourth-order valence-electron chi connectivity index (χ4n) is 3.31. The van der Waals surface area contributed by atoms with Crippen molar-refractivity contribution in [3.8, 4) is 5.69 Å². The van der Waals surface area contributed by atoms with Gasteiger partial charge >= 0.3 is 0 Å². The quantitative estimate of drug-likeness (QED) is 0.889. The molecule has 1 fully saturated rings. The number of para-hydroxylation sites is 1. The summed E-state index contributed by atoms with van der Waals surface area (Å²) in [7, 11) is 1.83. The van der Waals surface area contributed by atoms with Gasteiger partial charge in [-0.1, -0.05) is 31.0 Å². The van der Waals surface area contributed by atoms with Gasteiger partial charge in [-0.05, 0) is 38.8 Å². The van der Waals surface area contributed by atoms with E-state index >= 15 is 0 Å². The first-order valence-electron chi connectivity index (χ1n) is 8.79. The summed E-state index contributed by atoms with van der Waals surface area (Å²) in [5.74, 6) is -0.0945. The lowest BCUT2D eigenvalue weighted by Gasteiger charge is -2.15. The van der Waals surface area contributed by atoms with E-state index in [1.54, 1.807) is 21.1 Å². The van der Waals surface area contributed by atoms with Crippen molar-refractivity contribution in [1.82, 2.24) is 9.36 Å². The molecule has 0 radical (unpaired) electrons. The van der Waals surface area contributed by atoms with Crippen LogP contribution in [0.1, 0.15) is 38.3 Å². The van der Waals surface area contributed by atoms with Gasteiger partial charge in [0.25, 0.3) is 5.56 Å². The topological polar surface area (TPSA) is 56.0 Å². The minimum atomic E-state index is -0.197. The van der Waals surface area contributed by atoms with E-state index in [2.05, 4.69) is 5.32 Å². The number of carbonyl (C=O) groups is 1. The van der Waals surface area contributed by atoms with Crippen molar-refractivity contribution in [2.45, 2.75) is 50.0 Å². The molecule has 6 heteroatoms. The molecule has 1 aliphatic carbocycles. The Hall–Kier alpha value is -1.95. The Balaban J connectivity index is 1.81. The predicted octanol–water partition coefficient (Wildman–Crippen LogP) is 3.49. The van der Waals surface area contributed by atoms with Crippen molar-refractivity contribution in [2.24, 2.45) is 7.05 Å². The van der Waals surface area contributed by atoms with Gasteiger partial charge in [0.2, 0.25) is 5.91 Å². The third-order valence-corrected chi connectivity index (χ3v) is 6.35. The summed E-state index contributed by atoms with van der Waals surface area (Å²) in [6, 6.07) is 9.45. The maximum absolute atomic E-state index is 12.8. The molecule has 0 aliphatic heterocycles. The first-order chi connectivity index (χ1) is 12.0. The van der Waals surface area contributed by atoms with Crippen LogP contribution in [0.3, 0.4) is 0 Å². The molecule has 0 bridgehead atoms. The maximum atomic E-state index is 12.8. The average molecular weight is 359 g/mol. The summed E-state index contributed by atoms with van der Waals surface area (Å²) in [4.78, 5) is 25.4. The summed E-state index contributed by atoms with van der Waals surface area (Å²) in [5.41, 5.74) is 1.71. The van der Waals surface area contributed by atoms with E-state index < -0.39 is 0 Å². The summed E-state index contributed by atoms with van der Waals surface area (Å²) in [6.45, 7) is 3.78. The van der Waals surface area contributed by atoms with E-state index in [0.717, 1.165) is 11.4 Å². The highest BCUT2D eigenvalue weighted by molar-refractivity contribution is 8.01. The van der Waals surface area contributed by atoms with E-state index in [0.29, 0.717) is 10.9 Å². The zero-order chi connectivity index (χ0) is 18.0. The number of anilines is 1. The molecule has 5 nitrogen and oxygen atoms in total. The van der Waals surface area contributed by atoms with Crippen molar-refractivity contribution < 1.29 is 4.79 Å². The highest BCUT2D eigenvalue weighted by atomic mass is 32.2. The van der Waals surface area contributed by atoms with Crippen molar-refractivity contribution in [1.29, 1.82) is 0 Å². The number of nitrogens with zero attached hydrogens (tertiary/aromatic N) is 2. The predicted molar refractivity (Wildman–Crippen MR) is 104 cm³/mol. The Kier molecular flexibility index (Phi) is 5.37. The number of nitrogens with one attached hydrogen (secondary N) is 1. The first kappa shape index (κ1) is 17.9. The third-order valence-electron chi connectivity index (χ3n) is 4.87. The van der Waals surface area contributed by atoms with E-state index in [1.807, 2.05) is 51.2 Å². The van der Waals surface area contributed by atoms with Gasteiger partial charge in [-0.25, -0.2) is 4.68 Å². The molecule has 1 aromatic heterocycles. The molecular weight excluding hydrogens is 334 g/mol. The summed E-state index contributed by atoms with van der Waals surface area (Å²) in [6.07, 6.45) is 4.89. The van der Waals surface area contributed by atoms with Gasteiger partial charge < -0.3 is 5.32 Å². The molecule has 134 valence electrons. The fourth-order valence-corrected chi connectivity index (χ4v) is 4.68. The van der Waals surface area contributed by atoms with Crippen LogP contribution in [0.4, 0.5) is 5.69 Å². The molecule has 0 unspecified atom stereocenters. The largest absolute Gasteiger partial charge is 0.319 e. The lowest BCUT2D eigenvalue weighted by atomic mass is 10.3. The molecular formula is C19H25N3O2S. The van der Waals surface area contributed by atoms with Crippen LogP contribution in [0.25, 0.3) is 5.69 Å². The van der Waals surface area contributed by atoms with Crippen LogP contribution in [-0.2, 0) is 11.8 Å². The fraction of sp³-hybridized carbons (Fsp3) is 0.474. The van der Waals surface area contributed by atoms with E-state index in [4.69, 9.17) is 0 Å². The maximum Gasteiger partial charge on any atom is 0.295 e. The van der Waals surface area contributed by atoms with Gasteiger partial charge in [-0.15, -0.1) is 11.8 Å². The van der Waals surface area contributed by atoms with E-state index in [-0.39, 0.29) is 16.7 Å². The normalized spacial score (nSPS) is 16.1. The standard InChI is InChI=1S/C19H25N3O2S/c1-13-17(20-18(23)14(2)25-16-11-7-8-12-16)19(24)22(21(13)3)15-9-5-4-6-10-15/h4-6,9-10,14,16H,7-8,11-12H2,1-3H3,(H,20,23)/t14-/m1/s1. The molecule has 0 spiro atoms. The van der Waals surface area contributed by atoms with Gasteiger partial charge in [0.05, 0.1) is 16.6 Å². The molecule has 1 heterocycles. The molecule has 1 aromatic carbocycles. The van der Waals surface area contributed by atoms with Crippen molar-refractivity contribution in [3.63, 3.8) is 0 Å². The van der Waals surface area contributed by atoms with Crippen molar-refractivity contribution in [2.75, 3.05) is 5.32 Å². The number of rotatable bonds is 5. The van der Waals surface area contributed by atoms with Crippen molar-refractivity contribution >= 4 is 23.4 Å². The lowest BCUT2D eigenvalue weighted by Crippen LogP contribution is -2.28. The summed E-state index contributed by atoms with van der Waals surface area (Å²) >= 11 is 1.73. The Morgan fingerprint density at radius 3 is 2.52 bits per heavy atom. The van der Waals surface area contributed by atoms with Gasteiger partial charge in [-0.3, -0.25) is 14.3 Å². The molecule has 0 saturated heterocycles. The van der Waals surface area contributed by atoms with Crippen LogP contribution in [0, 0.1) is 6.92 Å². The highest BCUT2D eigenvalue weighted by Gasteiger charge is 2.25. The van der Waals surface area contributed by atoms with E-state index in [9.17, 15) is 9.59 Å². The van der Waals surface area contributed by atoms with Gasteiger partial charge in [0.1, 0.15) is 5.69 Å². The number of carbonyl (C=O) groups excluding carboxylic acids is 1. The van der Waals surface area contributed by atoms with Gasteiger partial charge in [-0.2, -0.15) is 0 Å². The smallest absolute Gasteiger partial charge is 0.295 e. The molecule has 25 heavy (non-hydrogen) atoms. The van der Waals surface area contributed by atoms with Gasteiger partial charge in [0.15, 0.2) is 0 Å². The molecule has 1 saturated carbocycles. The second kappa shape index (κ2) is 7.52. The zero-order valence-electron chi connectivity index (χ0n) is 15.0. The molecule has 1 amide bonds. The molecule has 1 aliphatic rings. The van der Waals surface area contributed by atoms with Crippen molar-refractivity contribution in [3.05, 3.63) is 46.4 Å². The highest BCUT2D eigenvalue weighted by Crippen LogP contribution is 2.32. The summed E-state index contributed by atoms with van der Waals surface area (Å²) < 4.78 is 3.36. The average Bonchev–Trinajstić information content (AvgIpc) is 3.18. The summed E-state index contributed by atoms with van der Waals surface area (Å²) in [5, 5.41) is 3.28. The zero-order valence-corrected chi connectivity index (χ0v) is 15.8. The number of amides is 1. The SMILES string of the molecule is Cc1c(NC(=O)[C@@H](C)SC2CCCC2)c(=O)n(-c2ccccc2)n1C. The molecule has 1 N–H and O–H groups in total. The lowest BCUT2D eigenvalue weighted by molar-refractivity contribution is -0.115. The Bertz CT molecular complexity index is 804. The van der Waals surface area contributed by atoms with Crippen LogP contribution in [0.5, 0.6) is 0 Å². The van der Waals surface area contributed by atoms with Crippen LogP contribution in [0.2, 0.25) is 0 Å². The number of hydrogen-bond acceptors (Lipinski definition) is 3. The minimum Gasteiger partial charge on any atom is -0.319 e. The van der Waals surface area contributed by atoms with Crippen LogP contribution in [-0.4, -0.2) is 25.8 Å². The first-order valence-corrected chi connectivity index (χ1v) is 9.73. The third kappa shape index (κ3) is 3.68. The number of benzene rings is 1. The second-order valence-corrected chi connectivity index (χ2v) is 8.26. The van der Waals surface area contributed by atoms with Crippen LogP contribution < -0.4 is 10.9 Å². The monoisotopic (exact) mass is 359 g/mol. The Morgan fingerprint density at radius 2 is 1.88 bits per heavy atom. The number of thioether (sulfide) groups is 1. The van der Waals surface area contributed by atoms with Crippen LogP contribution in [0.15, 0.2) is 35.1 Å². The molecule has 3 rings (SSSR count).